The molecule has 0 aliphatic rings. The van der Waals surface area contributed by atoms with Crippen LogP contribution in [0.4, 0.5) is 0 Å². The van der Waals surface area contributed by atoms with Crippen molar-refractivity contribution in [1.82, 2.24) is 15.0 Å². The van der Waals surface area contributed by atoms with E-state index in [-0.39, 0.29) is 12.4 Å². The highest BCUT2D eigenvalue weighted by Gasteiger charge is 2.08. The predicted octanol–water partition coefficient (Wildman–Crippen LogP) is 1.46. The molecule has 110 valence electrons. The van der Waals surface area contributed by atoms with Crippen molar-refractivity contribution in [3.05, 3.63) is 41.7 Å². The highest BCUT2D eigenvalue weighted by Crippen LogP contribution is 2.11. The van der Waals surface area contributed by atoms with Crippen LogP contribution in [0, 0.1) is 0 Å². The standard InChI is InChI=1S/C14H15N3O4/c1-2-21-14(20)10-3-6-12(7-4-10)17-9-11(15-16-17)5-8-13(18)19/h3-4,6-7,9H,2,5,8H2,1H3,(H,18,19). The third-order valence-electron chi connectivity index (χ3n) is 2.78. The maximum Gasteiger partial charge on any atom is 0.338 e. The van der Waals surface area contributed by atoms with E-state index >= 15 is 0 Å². The van der Waals surface area contributed by atoms with Crippen molar-refractivity contribution in [1.29, 1.82) is 0 Å². The van der Waals surface area contributed by atoms with E-state index in [9.17, 15) is 9.59 Å². The molecule has 0 saturated heterocycles. The molecule has 0 aliphatic heterocycles. The number of carboxylic acid groups (broad SMARTS) is 1. The fourth-order valence-corrected chi connectivity index (χ4v) is 1.74. The second kappa shape index (κ2) is 6.65. The summed E-state index contributed by atoms with van der Waals surface area (Å²) in [4.78, 5) is 22.0. The van der Waals surface area contributed by atoms with E-state index in [1.165, 1.54) is 4.68 Å². The maximum atomic E-state index is 11.5. The predicted molar refractivity (Wildman–Crippen MR) is 73.3 cm³/mol. The molecule has 2 aromatic rings. The van der Waals surface area contributed by atoms with Gasteiger partial charge in [-0.2, -0.15) is 0 Å². The molecule has 0 bridgehead atoms. The number of nitrogens with zero attached hydrogens (tertiary/aromatic N) is 3. The largest absolute Gasteiger partial charge is 0.481 e. The molecular weight excluding hydrogens is 274 g/mol. The molecule has 0 fully saturated rings. The van der Waals surface area contributed by atoms with E-state index in [4.69, 9.17) is 9.84 Å². The van der Waals surface area contributed by atoms with Crippen molar-refractivity contribution in [3.8, 4) is 5.69 Å². The van der Waals surface area contributed by atoms with Crippen LogP contribution in [0.1, 0.15) is 29.4 Å². The number of benzene rings is 1. The lowest BCUT2D eigenvalue weighted by atomic mass is 10.2. The van der Waals surface area contributed by atoms with Gasteiger partial charge in [-0.15, -0.1) is 5.10 Å². The highest BCUT2D eigenvalue weighted by molar-refractivity contribution is 5.89. The average molecular weight is 289 g/mol. The van der Waals surface area contributed by atoms with Gasteiger partial charge < -0.3 is 9.84 Å². The number of aliphatic carboxylic acids is 1. The van der Waals surface area contributed by atoms with E-state index in [1.54, 1.807) is 37.4 Å². The molecule has 21 heavy (non-hydrogen) atoms. The topological polar surface area (TPSA) is 94.3 Å². The summed E-state index contributed by atoms with van der Waals surface area (Å²) in [7, 11) is 0. The minimum atomic E-state index is -0.872. The van der Waals surface area contributed by atoms with Crippen LogP contribution in [0.5, 0.6) is 0 Å². The van der Waals surface area contributed by atoms with Gasteiger partial charge in [-0.25, -0.2) is 9.48 Å². The van der Waals surface area contributed by atoms with E-state index in [0.29, 0.717) is 24.3 Å². The summed E-state index contributed by atoms with van der Waals surface area (Å²) < 4.78 is 6.44. The van der Waals surface area contributed by atoms with Gasteiger partial charge in [0.2, 0.25) is 0 Å². The number of hydrogen-bond donors (Lipinski definition) is 1. The summed E-state index contributed by atoms with van der Waals surface area (Å²) in [5.41, 5.74) is 1.80. The first-order chi connectivity index (χ1) is 10.1. The van der Waals surface area contributed by atoms with Crippen molar-refractivity contribution in [2.75, 3.05) is 6.61 Å². The van der Waals surface area contributed by atoms with Crippen molar-refractivity contribution in [2.24, 2.45) is 0 Å². The third kappa shape index (κ3) is 3.88. The van der Waals surface area contributed by atoms with Crippen molar-refractivity contribution >= 4 is 11.9 Å². The Morgan fingerprint density at radius 1 is 1.29 bits per heavy atom. The number of ether oxygens (including phenoxy) is 1. The minimum absolute atomic E-state index is 0.0144. The zero-order valence-electron chi connectivity index (χ0n) is 11.5. The Kier molecular flexibility index (Phi) is 4.65. The van der Waals surface area contributed by atoms with Gasteiger partial charge in [0.15, 0.2) is 0 Å². The van der Waals surface area contributed by atoms with E-state index in [0.717, 1.165) is 5.69 Å². The Labute approximate surface area is 121 Å². The van der Waals surface area contributed by atoms with Crippen LogP contribution >= 0.6 is 0 Å². The van der Waals surface area contributed by atoms with Crippen LogP contribution in [0.25, 0.3) is 5.69 Å². The summed E-state index contributed by atoms with van der Waals surface area (Å²) in [5.74, 6) is -1.24. The van der Waals surface area contributed by atoms with E-state index < -0.39 is 5.97 Å². The van der Waals surface area contributed by atoms with Gasteiger partial charge in [-0.05, 0) is 31.2 Å². The minimum Gasteiger partial charge on any atom is -0.481 e. The number of esters is 1. The molecule has 2 rings (SSSR count). The lowest BCUT2D eigenvalue weighted by molar-refractivity contribution is -0.136. The molecule has 1 aromatic carbocycles. The number of aromatic nitrogens is 3. The first-order valence-corrected chi connectivity index (χ1v) is 6.50. The number of carbonyl (C=O) groups excluding carboxylic acids is 1. The summed E-state index contributed by atoms with van der Waals surface area (Å²) in [6.45, 7) is 2.08. The molecule has 0 spiro atoms. The third-order valence-corrected chi connectivity index (χ3v) is 2.78. The highest BCUT2D eigenvalue weighted by atomic mass is 16.5. The van der Waals surface area contributed by atoms with Gasteiger partial charge in [-0.3, -0.25) is 4.79 Å². The smallest absolute Gasteiger partial charge is 0.338 e. The molecule has 1 aromatic heterocycles. The Morgan fingerprint density at radius 2 is 2.00 bits per heavy atom. The quantitative estimate of drug-likeness (QED) is 0.809. The molecule has 0 radical (unpaired) electrons. The molecule has 0 atom stereocenters. The van der Waals surface area contributed by atoms with Crippen LogP contribution in [-0.4, -0.2) is 38.6 Å². The maximum absolute atomic E-state index is 11.5. The molecule has 1 heterocycles. The van der Waals surface area contributed by atoms with Gasteiger partial charge >= 0.3 is 11.9 Å². The van der Waals surface area contributed by atoms with E-state index in [1.807, 2.05) is 0 Å². The summed E-state index contributed by atoms with van der Waals surface area (Å²) in [6, 6.07) is 6.74. The number of carbonyl (C=O) groups is 2. The zero-order chi connectivity index (χ0) is 15.2. The van der Waals surface area contributed by atoms with Crippen LogP contribution in [0.2, 0.25) is 0 Å². The molecule has 0 aliphatic carbocycles. The number of hydrogen-bond acceptors (Lipinski definition) is 5. The van der Waals surface area contributed by atoms with Crippen molar-refractivity contribution in [3.63, 3.8) is 0 Å². The van der Waals surface area contributed by atoms with Gasteiger partial charge in [0.25, 0.3) is 0 Å². The van der Waals surface area contributed by atoms with Gasteiger partial charge in [0.1, 0.15) is 0 Å². The molecule has 7 heteroatoms. The first-order valence-electron chi connectivity index (χ1n) is 6.50. The Morgan fingerprint density at radius 3 is 2.62 bits per heavy atom. The lowest BCUT2D eigenvalue weighted by Crippen LogP contribution is -2.04. The monoisotopic (exact) mass is 289 g/mol. The van der Waals surface area contributed by atoms with Crippen molar-refractivity contribution < 1.29 is 19.4 Å². The fourth-order valence-electron chi connectivity index (χ4n) is 1.74. The van der Waals surface area contributed by atoms with Crippen LogP contribution in [-0.2, 0) is 16.0 Å². The Bertz CT molecular complexity index is 634. The number of rotatable bonds is 6. The molecule has 0 saturated carbocycles. The Hall–Kier alpha value is -2.70. The normalized spacial score (nSPS) is 10.3. The number of aryl methyl sites for hydroxylation is 1. The first kappa shape index (κ1) is 14.7. The van der Waals surface area contributed by atoms with Crippen LogP contribution in [0.15, 0.2) is 30.5 Å². The molecular formula is C14H15N3O4. The van der Waals surface area contributed by atoms with Crippen molar-refractivity contribution in [2.45, 2.75) is 19.8 Å². The van der Waals surface area contributed by atoms with Gasteiger partial charge in [-0.1, -0.05) is 5.21 Å². The average Bonchev–Trinajstić information content (AvgIpc) is 2.94. The van der Waals surface area contributed by atoms with E-state index in [2.05, 4.69) is 10.3 Å². The molecule has 0 unspecified atom stereocenters. The van der Waals surface area contributed by atoms with Crippen LogP contribution < -0.4 is 0 Å². The second-order valence-corrected chi connectivity index (χ2v) is 4.32. The second-order valence-electron chi connectivity index (χ2n) is 4.32. The van der Waals surface area contributed by atoms with Gasteiger partial charge in [0.05, 0.1) is 36.2 Å². The molecule has 7 nitrogen and oxygen atoms in total. The molecule has 1 N–H and O–H groups in total. The summed E-state index contributed by atoms with van der Waals surface area (Å²) in [6.07, 6.45) is 2.01. The lowest BCUT2D eigenvalue weighted by Gasteiger charge is -2.03. The zero-order valence-corrected chi connectivity index (χ0v) is 11.5. The molecule has 0 amide bonds. The summed E-state index contributed by atoms with van der Waals surface area (Å²) >= 11 is 0. The van der Waals surface area contributed by atoms with Gasteiger partial charge in [0, 0.05) is 6.42 Å². The Balaban J connectivity index is 2.08. The number of carboxylic acids is 1. The SMILES string of the molecule is CCOC(=O)c1ccc(-n2cc(CCC(=O)O)nn2)cc1. The van der Waals surface area contributed by atoms with Crippen LogP contribution in [0.3, 0.4) is 0 Å². The summed E-state index contributed by atoms with van der Waals surface area (Å²) in [5, 5.41) is 16.5. The fraction of sp³-hybridized carbons (Fsp3) is 0.286.